The van der Waals surface area contributed by atoms with Gasteiger partial charge in [-0.3, -0.25) is 4.79 Å². The van der Waals surface area contributed by atoms with Crippen molar-refractivity contribution in [3.8, 4) is 5.88 Å². The van der Waals surface area contributed by atoms with Crippen molar-refractivity contribution in [3.05, 3.63) is 6.33 Å². The van der Waals surface area contributed by atoms with E-state index < -0.39 is 0 Å². The number of amides is 1. The Morgan fingerprint density at radius 3 is 2.84 bits per heavy atom. The van der Waals surface area contributed by atoms with Crippen LogP contribution in [0.3, 0.4) is 0 Å². The second-order valence-corrected chi connectivity index (χ2v) is 4.25. The van der Waals surface area contributed by atoms with Gasteiger partial charge in [0.15, 0.2) is 5.82 Å². The van der Waals surface area contributed by atoms with Crippen molar-refractivity contribution in [2.75, 3.05) is 38.3 Å². The number of nitrogens with two attached hydrogens (primary N) is 1. The molecule has 0 saturated carbocycles. The van der Waals surface area contributed by atoms with E-state index >= 15 is 0 Å². The molecule has 1 aromatic rings. The number of nitrogen functional groups attached to an aromatic ring is 1. The van der Waals surface area contributed by atoms with Gasteiger partial charge >= 0.3 is 0 Å². The van der Waals surface area contributed by atoms with Crippen molar-refractivity contribution in [2.24, 2.45) is 0 Å². The molecule has 0 fully saturated rings. The number of ether oxygens (including phenoxy) is 1. The van der Waals surface area contributed by atoms with Gasteiger partial charge in [-0.25, -0.2) is 4.98 Å². The lowest BCUT2D eigenvalue weighted by molar-refractivity contribution is -0.128. The zero-order valence-corrected chi connectivity index (χ0v) is 11.6. The van der Waals surface area contributed by atoms with Gasteiger partial charge in [0.2, 0.25) is 11.8 Å². The highest BCUT2D eigenvalue weighted by Gasteiger charge is 2.09. The van der Waals surface area contributed by atoms with Crippen LogP contribution < -0.4 is 15.8 Å². The standard InChI is InChI=1S/C12H21N5O2/c1-4-7-19-12-10(13)11(15-8-16-12)14-6-5-9(18)17(2)3/h8H,4-7,13H2,1-3H3,(H,14,15,16). The third-order valence-corrected chi connectivity index (χ3v) is 2.42. The SMILES string of the molecule is CCCOc1ncnc(NCCC(=O)N(C)C)c1N. The van der Waals surface area contributed by atoms with Gasteiger partial charge in [-0.1, -0.05) is 6.92 Å². The maximum absolute atomic E-state index is 11.4. The number of nitrogens with zero attached hydrogens (tertiary/aromatic N) is 3. The molecule has 1 amide bonds. The third-order valence-electron chi connectivity index (χ3n) is 2.42. The summed E-state index contributed by atoms with van der Waals surface area (Å²) in [5.41, 5.74) is 6.26. The van der Waals surface area contributed by atoms with Crippen LogP contribution in [0.2, 0.25) is 0 Å². The van der Waals surface area contributed by atoms with Crippen molar-refractivity contribution in [3.63, 3.8) is 0 Å². The van der Waals surface area contributed by atoms with Gasteiger partial charge in [0, 0.05) is 27.1 Å². The molecule has 0 aromatic carbocycles. The molecule has 7 nitrogen and oxygen atoms in total. The van der Waals surface area contributed by atoms with E-state index in [1.165, 1.54) is 6.33 Å². The lowest BCUT2D eigenvalue weighted by Crippen LogP contribution is -2.24. The minimum Gasteiger partial charge on any atom is -0.476 e. The fourth-order valence-electron chi connectivity index (χ4n) is 1.35. The lowest BCUT2D eigenvalue weighted by atomic mass is 10.3. The number of carbonyl (C=O) groups is 1. The molecule has 1 aromatic heterocycles. The molecule has 106 valence electrons. The molecule has 0 aliphatic carbocycles. The first kappa shape index (κ1) is 15.0. The Bertz CT molecular complexity index is 423. The number of nitrogens with one attached hydrogen (secondary N) is 1. The smallest absolute Gasteiger partial charge is 0.242 e. The molecule has 3 N–H and O–H groups in total. The quantitative estimate of drug-likeness (QED) is 0.756. The van der Waals surface area contributed by atoms with E-state index in [2.05, 4.69) is 15.3 Å². The maximum atomic E-state index is 11.4. The zero-order valence-electron chi connectivity index (χ0n) is 11.6. The molecule has 0 unspecified atom stereocenters. The van der Waals surface area contributed by atoms with Gasteiger partial charge in [0.05, 0.1) is 6.61 Å². The van der Waals surface area contributed by atoms with E-state index in [1.54, 1.807) is 19.0 Å². The van der Waals surface area contributed by atoms with E-state index in [4.69, 9.17) is 10.5 Å². The first-order chi connectivity index (χ1) is 9.06. The highest BCUT2D eigenvalue weighted by atomic mass is 16.5. The molecule has 0 aliphatic heterocycles. The minimum atomic E-state index is 0.0441. The topological polar surface area (TPSA) is 93.4 Å². The van der Waals surface area contributed by atoms with Crippen LogP contribution in [0.4, 0.5) is 11.5 Å². The van der Waals surface area contributed by atoms with Crippen LogP contribution in [-0.2, 0) is 4.79 Å². The maximum Gasteiger partial charge on any atom is 0.242 e. The van der Waals surface area contributed by atoms with E-state index in [0.717, 1.165) is 6.42 Å². The van der Waals surface area contributed by atoms with Crippen molar-refractivity contribution in [1.29, 1.82) is 0 Å². The summed E-state index contributed by atoms with van der Waals surface area (Å²) >= 11 is 0. The Kier molecular flexibility index (Phi) is 5.84. The van der Waals surface area contributed by atoms with Crippen LogP contribution >= 0.6 is 0 Å². The predicted molar refractivity (Wildman–Crippen MR) is 74.0 cm³/mol. The first-order valence-corrected chi connectivity index (χ1v) is 6.23. The van der Waals surface area contributed by atoms with Crippen molar-refractivity contribution < 1.29 is 9.53 Å². The molecule has 0 radical (unpaired) electrons. The molecule has 0 atom stereocenters. The van der Waals surface area contributed by atoms with Gasteiger partial charge < -0.3 is 20.7 Å². The predicted octanol–water partition coefficient (Wildman–Crippen LogP) is 0.738. The molecular formula is C12H21N5O2. The summed E-state index contributed by atoms with van der Waals surface area (Å²) in [6.07, 6.45) is 2.64. The summed E-state index contributed by atoms with van der Waals surface area (Å²) in [5.74, 6) is 0.911. The van der Waals surface area contributed by atoms with Gasteiger partial charge in [-0.2, -0.15) is 4.98 Å². The van der Waals surface area contributed by atoms with E-state index in [9.17, 15) is 4.79 Å². The van der Waals surface area contributed by atoms with Gasteiger partial charge in [0.1, 0.15) is 12.0 Å². The second kappa shape index (κ2) is 7.40. The summed E-state index contributed by atoms with van der Waals surface area (Å²) in [5, 5.41) is 3.01. The van der Waals surface area contributed by atoms with E-state index in [1.807, 2.05) is 6.92 Å². The van der Waals surface area contributed by atoms with Gasteiger partial charge in [-0.15, -0.1) is 0 Å². The van der Waals surface area contributed by atoms with Crippen LogP contribution in [0.5, 0.6) is 5.88 Å². The van der Waals surface area contributed by atoms with Crippen molar-refractivity contribution in [1.82, 2.24) is 14.9 Å². The lowest BCUT2D eigenvalue weighted by Gasteiger charge is -2.13. The molecule has 19 heavy (non-hydrogen) atoms. The number of rotatable bonds is 7. The van der Waals surface area contributed by atoms with E-state index in [0.29, 0.717) is 37.0 Å². The highest BCUT2D eigenvalue weighted by Crippen LogP contribution is 2.24. The summed E-state index contributed by atoms with van der Waals surface area (Å²) < 4.78 is 5.40. The average molecular weight is 267 g/mol. The normalized spacial score (nSPS) is 10.1. The molecule has 0 saturated heterocycles. The largest absolute Gasteiger partial charge is 0.476 e. The molecular weight excluding hydrogens is 246 g/mol. The summed E-state index contributed by atoms with van der Waals surface area (Å²) in [4.78, 5) is 21.0. The fraction of sp³-hybridized carbons (Fsp3) is 0.583. The Morgan fingerprint density at radius 2 is 2.21 bits per heavy atom. The summed E-state index contributed by atoms with van der Waals surface area (Å²) in [6, 6.07) is 0. The van der Waals surface area contributed by atoms with Crippen LogP contribution in [0.1, 0.15) is 19.8 Å². The number of carbonyl (C=O) groups excluding carboxylic acids is 1. The summed E-state index contributed by atoms with van der Waals surface area (Å²) in [6.45, 7) is 3.02. The first-order valence-electron chi connectivity index (χ1n) is 6.23. The highest BCUT2D eigenvalue weighted by molar-refractivity contribution is 5.76. The molecule has 0 spiro atoms. The second-order valence-electron chi connectivity index (χ2n) is 4.25. The number of hydrogen-bond acceptors (Lipinski definition) is 6. The van der Waals surface area contributed by atoms with Crippen LogP contribution in [0.15, 0.2) is 6.33 Å². The van der Waals surface area contributed by atoms with Gasteiger partial charge in [-0.05, 0) is 6.42 Å². The molecule has 0 aliphatic rings. The Hall–Kier alpha value is -2.05. The van der Waals surface area contributed by atoms with Crippen LogP contribution in [0.25, 0.3) is 0 Å². The Balaban J connectivity index is 2.56. The number of hydrogen-bond donors (Lipinski definition) is 2. The van der Waals surface area contributed by atoms with E-state index in [-0.39, 0.29) is 5.91 Å². The molecule has 7 heteroatoms. The molecule has 0 bridgehead atoms. The van der Waals surface area contributed by atoms with Crippen molar-refractivity contribution >= 4 is 17.4 Å². The van der Waals surface area contributed by atoms with Gasteiger partial charge in [0.25, 0.3) is 0 Å². The Morgan fingerprint density at radius 1 is 1.47 bits per heavy atom. The molecule has 1 heterocycles. The Labute approximate surface area is 113 Å². The van der Waals surface area contributed by atoms with Crippen LogP contribution in [0, 0.1) is 0 Å². The zero-order chi connectivity index (χ0) is 14.3. The average Bonchev–Trinajstić information content (AvgIpc) is 2.39. The molecule has 1 rings (SSSR count). The fourth-order valence-corrected chi connectivity index (χ4v) is 1.35. The minimum absolute atomic E-state index is 0.0441. The van der Waals surface area contributed by atoms with Crippen LogP contribution in [-0.4, -0.2) is 48.0 Å². The third kappa shape index (κ3) is 4.61. The monoisotopic (exact) mass is 267 g/mol. The van der Waals surface area contributed by atoms with Crippen molar-refractivity contribution in [2.45, 2.75) is 19.8 Å². The summed E-state index contributed by atoms with van der Waals surface area (Å²) in [7, 11) is 3.44. The number of aromatic nitrogens is 2. The number of anilines is 2.